The summed E-state index contributed by atoms with van der Waals surface area (Å²) >= 11 is 0. The Labute approximate surface area is 181 Å². The lowest BCUT2D eigenvalue weighted by Gasteiger charge is -2.26. The smallest absolute Gasteiger partial charge is 0.130 e. The van der Waals surface area contributed by atoms with Crippen LogP contribution in [0.2, 0.25) is 0 Å². The maximum Gasteiger partial charge on any atom is 0.130 e. The summed E-state index contributed by atoms with van der Waals surface area (Å²) in [5.41, 5.74) is 6.86. The largest absolute Gasteiger partial charge is 0.496 e. The third-order valence-electron chi connectivity index (χ3n) is 5.56. The monoisotopic (exact) mass is 402 g/mol. The van der Waals surface area contributed by atoms with Crippen LogP contribution in [0.4, 0.5) is 0 Å². The molecular weight excluding hydrogens is 368 g/mol. The molecule has 0 atom stereocenters. The summed E-state index contributed by atoms with van der Waals surface area (Å²) in [6, 6.07) is 21.4. The Bertz CT molecular complexity index is 949. The van der Waals surface area contributed by atoms with Crippen molar-refractivity contribution < 1.29 is 9.47 Å². The molecular formula is C28H34O2. The first-order valence-corrected chi connectivity index (χ1v) is 10.5. The molecule has 0 radical (unpaired) electrons. The highest BCUT2D eigenvalue weighted by Crippen LogP contribution is 2.46. The second-order valence-electron chi connectivity index (χ2n) is 9.82. The minimum Gasteiger partial charge on any atom is -0.496 e. The molecule has 0 aliphatic rings. The summed E-state index contributed by atoms with van der Waals surface area (Å²) in [5, 5.41) is 0. The second-order valence-corrected chi connectivity index (χ2v) is 9.82. The first-order valence-electron chi connectivity index (χ1n) is 10.5. The molecule has 0 heterocycles. The molecule has 0 saturated carbocycles. The van der Waals surface area contributed by atoms with Crippen LogP contribution in [0, 0.1) is 0 Å². The van der Waals surface area contributed by atoms with Crippen LogP contribution in [0.1, 0.15) is 52.7 Å². The molecule has 0 N–H and O–H groups in total. The van der Waals surface area contributed by atoms with Crippen molar-refractivity contribution in [2.45, 2.75) is 52.4 Å². The highest BCUT2D eigenvalue weighted by atomic mass is 16.5. The van der Waals surface area contributed by atoms with E-state index in [4.69, 9.17) is 9.47 Å². The second kappa shape index (κ2) is 8.18. The van der Waals surface area contributed by atoms with Gasteiger partial charge in [0.15, 0.2) is 0 Å². The lowest BCUT2D eigenvalue weighted by molar-refractivity contribution is 0.398. The Hall–Kier alpha value is -2.74. The maximum atomic E-state index is 5.95. The van der Waals surface area contributed by atoms with Crippen molar-refractivity contribution in [1.29, 1.82) is 0 Å². The molecule has 0 aromatic heterocycles. The van der Waals surface area contributed by atoms with Gasteiger partial charge in [0.2, 0.25) is 0 Å². The SMILES string of the molecule is COc1c(-c2ccccc2-c2cccc(C(C)(C)C)c2OC)cccc1C(C)(C)C. The van der Waals surface area contributed by atoms with E-state index in [1.807, 2.05) is 0 Å². The Kier molecular flexibility index (Phi) is 5.99. The number of hydrogen-bond acceptors (Lipinski definition) is 2. The highest BCUT2D eigenvalue weighted by Gasteiger charge is 2.25. The summed E-state index contributed by atoms with van der Waals surface area (Å²) in [4.78, 5) is 0. The lowest BCUT2D eigenvalue weighted by atomic mass is 9.82. The third-order valence-corrected chi connectivity index (χ3v) is 5.56. The van der Waals surface area contributed by atoms with Crippen LogP contribution in [-0.4, -0.2) is 14.2 Å². The molecule has 0 aliphatic carbocycles. The van der Waals surface area contributed by atoms with Gasteiger partial charge in [-0.1, -0.05) is 102 Å². The van der Waals surface area contributed by atoms with E-state index in [2.05, 4.69) is 102 Å². The number of benzene rings is 3. The quantitative estimate of drug-likeness (QED) is 0.446. The molecule has 3 aromatic carbocycles. The lowest BCUT2D eigenvalue weighted by Crippen LogP contribution is -2.13. The number of methoxy groups -OCH3 is 2. The van der Waals surface area contributed by atoms with Crippen molar-refractivity contribution >= 4 is 0 Å². The van der Waals surface area contributed by atoms with Crippen molar-refractivity contribution in [3.8, 4) is 33.8 Å². The molecule has 3 rings (SSSR count). The molecule has 0 bridgehead atoms. The maximum absolute atomic E-state index is 5.95. The van der Waals surface area contributed by atoms with Crippen molar-refractivity contribution in [2.24, 2.45) is 0 Å². The molecule has 0 unspecified atom stereocenters. The Morgan fingerprint density at radius 2 is 0.800 bits per heavy atom. The van der Waals surface area contributed by atoms with Gasteiger partial charge < -0.3 is 9.47 Å². The van der Waals surface area contributed by atoms with Gasteiger partial charge in [0, 0.05) is 22.3 Å². The molecule has 2 nitrogen and oxygen atoms in total. The molecule has 158 valence electrons. The van der Waals surface area contributed by atoms with Crippen LogP contribution >= 0.6 is 0 Å². The van der Waals surface area contributed by atoms with Gasteiger partial charge in [-0.2, -0.15) is 0 Å². The van der Waals surface area contributed by atoms with Crippen LogP contribution in [0.3, 0.4) is 0 Å². The summed E-state index contributed by atoms with van der Waals surface area (Å²) in [6.45, 7) is 13.3. The zero-order chi connectivity index (χ0) is 22.1. The normalized spacial score (nSPS) is 12.0. The van der Waals surface area contributed by atoms with E-state index in [1.54, 1.807) is 14.2 Å². The minimum absolute atomic E-state index is 0.0138. The van der Waals surface area contributed by atoms with E-state index in [1.165, 1.54) is 11.1 Å². The van der Waals surface area contributed by atoms with Crippen LogP contribution in [-0.2, 0) is 10.8 Å². The van der Waals surface area contributed by atoms with Gasteiger partial charge in [0.25, 0.3) is 0 Å². The van der Waals surface area contributed by atoms with Gasteiger partial charge in [-0.05, 0) is 22.0 Å². The zero-order valence-electron chi connectivity index (χ0n) is 19.6. The summed E-state index contributed by atoms with van der Waals surface area (Å²) in [7, 11) is 3.52. The van der Waals surface area contributed by atoms with Gasteiger partial charge in [-0.25, -0.2) is 0 Å². The van der Waals surface area contributed by atoms with Gasteiger partial charge >= 0.3 is 0 Å². The van der Waals surface area contributed by atoms with Crippen LogP contribution in [0.15, 0.2) is 60.7 Å². The zero-order valence-corrected chi connectivity index (χ0v) is 19.6. The predicted octanol–water partition coefficient (Wildman–Crippen LogP) is 7.63. The average molecular weight is 403 g/mol. The fraction of sp³-hybridized carbons (Fsp3) is 0.357. The average Bonchev–Trinajstić information content (AvgIpc) is 2.71. The standard InChI is InChI=1S/C28H34O2/c1-27(2,3)23-17-11-15-21(25(23)29-7)19-13-9-10-14-20(19)22-16-12-18-24(26(22)30-8)28(4,5)6/h9-18H,1-8H3. The van der Waals surface area contributed by atoms with E-state index >= 15 is 0 Å². The van der Waals surface area contributed by atoms with E-state index < -0.39 is 0 Å². The van der Waals surface area contributed by atoms with Gasteiger partial charge in [-0.15, -0.1) is 0 Å². The molecule has 0 spiro atoms. The molecule has 0 amide bonds. The Balaban J connectivity index is 2.32. The van der Waals surface area contributed by atoms with Gasteiger partial charge in [0.1, 0.15) is 11.5 Å². The summed E-state index contributed by atoms with van der Waals surface area (Å²) in [6.07, 6.45) is 0. The fourth-order valence-electron chi connectivity index (χ4n) is 4.07. The van der Waals surface area contributed by atoms with Crippen LogP contribution < -0.4 is 9.47 Å². The Morgan fingerprint density at radius 1 is 0.467 bits per heavy atom. The minimum atomic E-state index is -0.0138. The number of rotatable bonds is 4. The van der Waals surface area contributed by atoms with Crippen molar-refractivity contribution in [3.05, 3.63) is 71.8 Å². The molecule has 0 saturated heterocycles. The fourth-order valence-corrected chi connectivity index (χ4v) is 4.07. The van der Waals surface area contributed by atoms with Crippen LogP contribution in [0.5, 0.6) is 11.5 Å². The van der Waals surface area contributed by atoms with E-state index in [0.29, 0.717) is 0 Å². The number of hydrogen-bond donors (Lipinski definition) is 0. The topological polar surface area (TPSA) is 18.5 Å². The third kappa shape index (κ3) is 4.09. The Morgan fingerprint density at radius 3 is 1.10 bits per heavy atom. The predicted molar refractivity (Wildman–Crippen MR) is 128 cm³/mol. The van der Waals surface area contributed by atoms with E-state index in [9.17, 15) is 0 Å². The molecule has 3 aromatic rings. The summed E-state index contributed by atoms with van der Waals surface area (Å²) in [5.74, 6) is 1.87. The van der Waals surface area contributed by atoms with E-state index in [0.717, 1.165) is 33.8 Å². The molecule has 0 aliphatic heterocycles. The number of ether oxygens (including phenoxy) is 2. The van der Waals surface area contributed by atoms with Crippen molar-refractivity contribution in [1.82, 2.24) is 0 Å². The molecule has 0 fully saturated rings. The van der Waals surface area contributed by atoms with E-state index in [-0.39, 0.29) is 10.8 Å². The molecule has 2 heteroatoms. The first-order chi connectivity index (χ1) is 14.1. The first kappa shape index (κ1) is 22.0. The summed E-state index contributed by atoms with van der Waals surface area (Å²) < 4.78 is 11.9. The molecule has 30 heavy (non-hydrogen) atoms. The van der Waals surface area contributed by atoms with Crippen LogP contribution in [0.25, 0.3) is 22.3 Å². The van der Waals surface area contributed by atoms with Crippen molar-refractivity contribution in [2.75, 3.05) is 14.2 Å². The van der Waals surface area contributed by atoms with Gasteiger partial charge in [0.05, 0.1) is 14.2 Å². The van der Waals surface area contributed by atoms with Crippen molar-refractivity contribution in [3.63, 3.8) is 0 Å². The number of para-hydroxylation sites is 2. The van der Waals surface area contributed by atoms with Gasteiger partial charge in [-0.3, -0.25) is 0 Å². The highest BCUT2D eigenvalue weighted by molar-refractivity contribution is 5.89.